The van der Waals surface area contributed by atoms with Crippen LogP contribution in [-0.2, 0) is 24.4 Å². The number of aliphatic imine (C=N–C) groups is 1. The van der Waals surface area contributed by atoms with Crippen LogP contribution in [0, 0.1) is 0 Å². The number of nitrogens with one attached hydrogen (secondary N) is 2. The van der Waals surface area contributed by atoms with Gasteiger partial charge in [-0.2, -0.15) is 0 Å². The van der Waals surface area contributed by atoms with E-state index < -0.39 is 0 Å². The van der Waals surface area contributed by atoms with E-state index in [1.54, 1.807) is 18.4 Å². The molecule has 0 atom stereocenters. The summed E-state index contributed by atoms with van der Waals surface area (Å²) in [5, 5.41) is 8.76. The molecule has 0 unspecified atom stereocenters. The molecule has 3 rings (SSSR count). The fraction of sp³-hybridized carbons (Fsp3) is 0.368. The molecule has 6 heteroatoms. The molecule has 2 heterocycles. The highest BCUT2D eigenvalue weighted by Crippen LogP contribution is 2.17. The predicted octanol–water partition coefficient (Wildman–Crippen LogP) is 2.74. The summed E-state index contributed by atoms with van der Waals surface area (Å²) in [7, 11) is 1.78. The third-order valence-electron chi connectivity index (χ3n) is 4.33. The van der Waals surface area contributed by atoms with Crippen molar-refractivity contribution in [1.29, 1.82) is 0 Å². The molecule has 1 aromatic carbocycles. The highest BCUT2D eigenvalue weighted by atomic mass is 32.1. The van der Waals surface area contributed by atoms with Gasteiger partial charge in [-0.15, -0.1) is 11.3 Å². The van der Waals surface area contributed by atoms with Crippen molar-refractivity contribution in [2.75, 3.05) is 13.6 Å². The zero-order chi connectivity index (χ0) is 17.5. The van der Waals surface area contributed by atoms with Gasteiger partial charge in [0.25, 0.3) is 0 Å². The van der Waals surface area contributed by atoms with Gasteiger partial charge in [0.05, 0.1) is 6.54 Å². The maximum absolute atomic E-state index is 11.9. The van der Waals surface area contributed by atoms with Crippen molar-refractivity contribution in [1.82, 2.24) is 15.5 Å². The average molecular weight is 356 g/mol. The van der Waals surface area contributed by atoms with Crippen molar-refractivity contribution in [2.45, 2.75) is 32.5 Å². The number of nitrogens with zero attached hydrogens (tertiary/aromatic N) is 2. The molecule has 0 saturated carbocycles. The van der Waals surface area contributed by atoms with Gasteiger partial charge in [-0.3, -0.25) is 9.79 Å². The molecule has 0 radical (unpaired) electrons. The first-order valence-corrected chi connectivity index (χ1v) is 9.45. The minimum atomic E-state index is 0.260. The van der Waals surface area contributed by atoms with E-state index in [1.165, 1.54) is 16.0 Å². The van der Waals surface area contributed by atoms with Crippen molar-refractivity contribution < 1.29 is 4.79 Å². The Morgan fingerprint density at radius 2 is 1.96 bits per heavy atom. The second kappa shape index (κ2) is 8.67. The lowest BCUT2D eigenvalue weighted by Gasteiger charge is -2.19. The molecular formula is C19H24N4OS. The van der Waals surface area contributed by atoms with Crippen LogP contribution in [0.4, 0.5) is 0 Å². The maximum atomic E-state index is 11.9. The topological polar surface area (TPSA) is 56.7 Å². The first-order chi connectivity index (χ1) is 12.3. The van der Waals surface area contributed by atoms with Crippen LogP contribution in [0.3, 0.4) is 0 Å². The molecule has 0 bridgehead atoms. The molecule has 2 aromatic rings. The fourth-order valence-electron chi connectivity index (χ4n) is 2.94. The predicted molar refractivity (Wildman–Crippen MR) is 102 cm³/mol. The molecule has 5 nitrogen and oxygen atoms in total. The zero-order valence-electron chi connectivity index (χ0n) is 14.5. The normalized spacial score (nSPS) is 14.8. The van der Waals surface area contributed by atoms with Crippen molar-refractivity contribution >= 4 is 23.2 Å². The molecule has 132 valence electrons. The molecule has 1 saturated heterocycles. The van der Waals surface area contributed by atoms with E-state index in [2.05, 4.69) is 39.2 Å². The summed E-state index contributed by atoms with van der Waals surface area (Å²) in [5.74, 6) is 1.04. The molecule has 1 fully saturated rings. The van der Waals surface area contributed by atoms with Gasteiger partial charge in [-0.1, -0.05) is 30.3 Å². The first kappa shape index (κ1) is 17.5. The monoisotopic (exact) mass is 356 g/mol. The Morgan fingerprint density at radius 1 is 1.16 bits per heavy atom. The Kier molecular flexibility index (Phi) is 6.06. The standard InChI is InChI=1S/C19H24N4OS/c1-20-19(22-13-17-8-5-11-25-17)21-12-15-6-2-3-7-16(15)14-23-10-4-9-18(23)24/h2-3,5-8,11H,4,9-10,12-14H2,1H3,(H2,20,21,22). The lowest BCUT2D eigenvalue weighted by Crippen LogP contribution is -2.36. The smallest absolute Gasteiger partial charge is 0.222 e. The zero-order valence-corrected chi connectivity index (χ0v) is 15.3. The molecule has 1 amide bonds. The summed E-state index contributed by atoms with van der Waals surface area (Å²) in [4.78, 5) is 19.4. The summed E-state index contributed by atoms with van der Waals surface area (Å²) >= 11 is 1.73. The summed E-state index contributed by atoms with van der Waals surface area (Å²) in [5.41, 5.74) is 2.39. The summed E-state index contributed by atoms with van der Waals surface area (Å²) in [6.07, 6.45) is 1.65. The molecule has 1 aromatic heterocycles. The minimum Gasteiger partial charge on any atom is -0.352 e. The number of guanidine groups is 1. The SMILES string of the molecule is CN=C(NCc1cccs1)NCc1ccccc1CN1CCCC1=O. The van der Waals surface area contributed by atoms with Crippen LogP contribution in [0.1, 0.15) is 28.8 Å². The Labute approximate surface area is 152 Å². The van der Waals surface area contributed by atoms with Gasteiger partial charge in [0.2, 0.25) is 5.91 Å². The Bertz CT molecular complexity index is 727. The van der Waals surface area contributed by atoms with E-state index in [1.807, 2.05) is 23.1 Å². The largest absolute Gasteiger partial charge is 0.352 e. The van der Waals surface area contributed by atoms with Gasteiger partial charge in [0, 0.05) is 38.0 Å². The third kappa shape index (κ3) is 4.82. The van der Waals surface area contributed by atoms with Crippen LogP contribution in [-0.4, -0.2) is 30.4 Å². The quantitative estimate of drug-likeness (QED) is 0.618. The van der Waals surface area contributed by atoms with Crippen LogP contribution in [0.2, 0.25) is 0 Å². The molecule has 0 spiro atoms. The molecule has 25 heavy (non-hydrogen) atoms. The number of carbonyl (C=O) groups excluding carboxylic acids is 1. The summed E-state index contributed by atoms with van der Waals surface area (Å²) in [6, 6.07) is 12.4. The first-order valence-electron chi connectivity index (χ1n) is 8.57. The van der Waals surface area contributed by atoms with Crippen LogP contribution in [0.5, 0.6) is 0 Å². The maximum Gasteiger partial charge on any atom is 0.222 e. The van der Waals surface area contributed by atoms with Gasteiger partial charge < -0.3 is 15.5 Å². The number of likely N-dealkylation sites (tertiary alicyclic amines) is 1. The van der Waals surface area contributed by atoms with E-state index >= 15 is 0 Å². The minimum absolute atomic E-state index is 0.260. The molecular weight excluding hydrogens is 332 g/mol. The van der Waals surface area contributed by atoms with Gasteiger partial charge >= 0.3 is 0 Å². The third-order valence-corrected chi connectivity index (χ3v) is 5.21. The number of hydrogen-bond donors (Lipinski definition) is 2. The number of benzene rings is 1. The van der Waals surface area contributed by atoms with E-state index in [9.17, 15) is 4.79 Å². The molecule has 1 aliphatic heterocycles. The highest BCUT2D eigenvalue weighted by Gasteiger charge is 2.20. The van der Waals surface area contributed by atoms with Crippen LogP contribution >= 0.6 is 11.3 Å². The van der Waals surface area contributed by atoms with Crippen molar-refractivity contribution in [3.8, 4) is 0 Å². The Morgan fingerprint density at radius 3 is 2.64 bits per heavy atom. The molecule has 2 N–H and O–H groups in total. The Balaban J connectivity index is 1.57. The van der Waals surface area contributed by atoms with E-state index in [0.717, 1.165) is 25.5 Å². The second-order valence-electron chi connectivity index (χ2n) is 6.05. The number of rotatable bonds is 6. The van der Waals surface area contributed by atoms with Gasteiger partial charge in [-0.25, -0.2) is 0 Å². The van der Waals surface area contributed by atoms with Crippen LogP contribution in [0.15, 0.2) is 46.8 Å². The summed E-state index contributed by atoms with van der Waals surface area (Å²) in [6.45, 7) is 3.01. The second-order valence-corrected chi connectivity index (χ2v) is 7.08. The van der Waals surface area contributed by atoms with E-state index in [-0.39, 0.29) is 5.91 Å². The van der Waals surface area contributed by atoms with Gasteiger partial charge in [0.15, 0.2) is 5.96 Å². The van der Waals surface area contributed by atoms with Crippen LogP contribution in [0.25, 0.3) is 0 Å². The van der Waals surface area contributed by atoms with Crippen molar-refractivity contribution in [2.24, 2.45) is 4.99 Å². The fourth-order valence-corrected chi connectivity index (χ4v) is 3.59. The Hall–Kier alpha value is -2.34. The van der Waals surface area contributed by atoms with E-state index in [0.29, 0.717) is 19.5 Å². The number of carbonyl (C=O) groups is 1. The van der Waals surface area contributed by atoms with Gasteiger partial charge in [0.1, 0.15) is 0 Å². The number of amides is 1. The van der Waals surface area contributed by atoms with Crippen molar-refractivity contribution in [3.05, 3.63) is 57.8 Å². The lowest BCUT2D eigenvalue weighted by atomic mass is 10.1. The van der Waals surface area contributed by atoms with E-state index in [4.69, 9.17) is 0 Å². The molecule has 1 aliphatic rings. The van der Waals surface area contributed by atoms with Gasteiger partial charge in [-0.05, 0) is 29.0 Å². The highest BCUT2D eigenvalue weighted by molar-refractivity contribution is 7.09. The van der Waals surface area contributed by atoms with Crippen LogP contribution < -0.4 is 10.6 Å². The lowest BCUT2D eigenvalue weighted by molar-refractivity contribution is -0.128. The number of thiophene rings is 1. The summed E-state index contributed by atoms with van der Waals surface area (Å²) < 4.78 is 0. The molecule has 0 aliphatic carbocycles. The van der Waals surface area contributed by atoms with Crippen molar-refractivity contribution in [3.63, 3.8) is 0 Å². The average Bonchev–Trinajstić information content (AvgIpc) is 3.29. The number of hydrogen-bond acceptors (Lipinski definition) is 3.